The van der Waals surface area contributed by atoms with Crippen molar-refractivity contribution in [2.24, 2.45) is 0 Å². The van der Waals surface area contributed by atoms with Gasteiger partial charge in [-0.05, 0) is 55.5 Å². The minimum Gasteiger partial charge on any atom is -0.383 e. The van der Waals surface area contributed by atoms with Gasteiger partial charge in [0.2, 0.25) is 0 Å². The Morgan fingerprint density at radius 3 is 2.62 bits per heavy atom. The lowest BCUT2D eigenvalue weighted by molar-refractivity contribution is 0.00520. The number of hydrogen-bond acceptors (Lipinski definition) is 7. The van der Waals surface area contributed by atoms with Gasteiger partial charge in [0.05, 0.1) is 42.9 Å². The van der Waals surface area contributed by atoms with Crippen molar-refractivity contribution in [3.8, 4) is 11.3 Å². The highest BCUT2D eigenvalue weighted by Gasteiger charge is 2.30. The summed E-state index contributed by atoms with van der Waals surface area (Å²) >= 11 is 0. The van der Waals surface area contributed by atoms with Crippen molar-refractivity contribution >= 4 is 27.8 Å². The van der Waals surface area contributed by atoms with Crippen molar-refractivity contribution in [2.45, 2.75) is 44.3 Å². The summed E-state index contributed by atoms with van der Waals surface area (Å²) in [6, 6.07) is 13.7. The molecular formula is C29H31FN8O. The molecule has 5 aromatic rings. The van der Waals surface area contributed by atoms with E-state index in [9.17, 15) is 4.39 Å². The summed E-state index contributed by atoms with van der Waals surface area (Å²) in [6.45, 7) is 4.20. The molecule has 2 aliphatic rings. The van der Waals surface area contributed by atoms with Crippen LogP contribution in [0.1, 0.15) is 37.3 Å². The van der Waals surface area contributed by atoms with Gasteiger partial charge in [0.25, 0.3) is 0 Å². The van der Waals surface area contributed by atoms with E-state index in [1.807, 2.05) is 29.1 Å². The average Bonchev–Trinajstić information content (AvgIpc) is 3.56. The highest BCUT2D eigenvalue weighted by atomic mass is 19.1. The number of nitrogens with two attached hydrogens (primary N) is 1. The highest BCUT2D eigenvalue weighted by Crippen LogP contribution is 2.37. The quantitative estimate of drug-likeness (QED) is 0.362. The second-order valence-electron chi connectivity index (χ2n) is 10.6. The van der Waals surface area contributed by atoms with Crippen LogP contribution in [-0.4, -0.2) is 66.8 Å². The van der Waals surface area contributed by atoms with Crippen LogP contribution in [0, 0.1) is 5.82 Å². The number of nitrogens with zero attached hydrogens (tertiary/aromatic N) is 7. The first kappa shape index (κ1) is 24.2. The second-order valence-corrected chi connectivity index (χ2v) is 10.6. The molecule has 1 saturated carbocycles. The van der Waals surface area contributed by atoms with Gasteiger partial charge in [-0.1, -0.05) is 18.2 Å². The molecule has 10 heteroatoms. The van der Waals surface area contributed by atoms with Gasteiger partial charge in [0, 0.05) is 30.1 Å². The fourth-order valence-electron chi connectivity index (χ4n) is 6.23. The number of morpholine rings is 1. The monoisotopic (exact) mass is 526 g/mol. The Morgan fingerprint density at radius 1 is 0.974 bits per heavy atom. The molecule has 39 heavy (non-hydrogen) atoms. The SMILES string of the molecule is Nc1ncnc2c1c(-c1ccc3c(cnn3Cc3cccc(F)c3)c1)nn2[C@H]1CC[C@H](N2CCOCC2)CC1. The van der Waals surface area contributed by atoms with Crippen LogP contribution in [0.4, 0.5) is 10.2 Å². The van der Waals surface area contributed by atoms with Crippen LogP contribution < -0.4 is 5.73 Å². The van der Waals surface area contributed by atoms with Gasteiger partial charge < -0.3 is 10.5 Å². The summed E-state index contributed by atoms with van der Waals surface area (Å²) in [5.74, 6) is 0.188. The van der Waals surface area contributed by atoms with Gasteiger partial charge in [0.15, 0.2) is 5.65 Å². The molecule has 2 N–H and O–H groups in total. The van der Waals surface area contributed by atoms with Crippen molar-refractivity contribution in [1.82, 2.24) is 34.4 Å². The van der Waals surface area contributed by atoms with E-state index in [2.05, 4.69) is 30.7 Å². The maximum Gasteiger partial charge on any atom is 0.164 e. The summed E-state index contributed by atoms with van der Waals surface area (Å²) in [4.78, 5) is 11.5. The van der Waals surface area contributed by atoms with Crippen LogP contribution in [0.2, 0.25) is 0 Å². The smallest absolute Gasteiger partial charge is 0.164 e. The standard InChI is InChI=1S/C29H31FN8O/c30-22-3-1-2-19(14-22)17-37-25-9-4-20(15-21(25)16-34-37)27-26-28(31)32-18-33-29(26)38(35-27)24-7-5-23(6-8-24)36-10-12-39-13-11-36/h1-4,9,14-16,18,23-24H,5-8,10-13,17H2,(H2,31,32,33)/t23-,24-. The number of halogens is 1. The summed E-state index contributed by atoms with van der Waals surface area (Å²) in [5, 5.41) is 11.4. The predicted molar refractivity (Wildman–Crippen MR) is 148 cm³/mol. The number of benzene rings is 2. The Labute approximate surface area is 225 Å². The van der Waals surface area contributed by atoms with Crippen LogP contribution in [0.5, 0.6) is 0 Å². The second kappa shape index (κ2) is 10.0. The predicted octanol–water partition coefficient (Wildman–Crippen LogP) is 4.43. The topological polar surface area (TPSA) is 99.9 Å². The zero-order chi connectivity index (χ0) is 26.3. The van der Waals surface area contributed by atoms with E-state index in [0.717, 1.165) is 90.7 Å². The lowest BCUT2D eigenvalue weighted by Gasteiger charge is -2.38. The van der Waals surface area contributed by atoms with Gasteiger partial charge in [-0.3, -0.25) is 9.58 Å². The van der Waals surface area contributed by atoms with Crippen LogP contribution in [0.25, 0.3) is 33.2 Å². The molecule has 9 nitrogen and oxygen atoms in total. The first-order chi connectivity index (χ1) is 19.1. The zero-order valence-corrected chi connectivity index (χ0v) is 21.7. The Kier molecular flexibility index (Phi) is 6.21. The molecule has 0 amide bonds. The van der Waals surface area contributed by atoms with Crippen LogP contribution in [0.15, 0.2) is 55.0 Å². The molecule has 3 aromatic heterocycles. The molecule has 0 radical (unpaired) electrons. The first-order valence-electron chi connectivity index (χ1n) is 13.6. The maximum atomic E-state index is 13.7. The molecular weight excluding hydrogens is 495 g/mol. The van der Waals surface area contributed by atoms with Crippen LogP contribution in [0.3, 0.4) is 0 Å². The molecule has 1 saturated heterocycles. The lowest BCUT2D eigenvalue weighted by Crippen LogP contribution is -2.45. The van der Waals surface area contributed by atoms with Gasteiger partial charge >= 0.3 is 0 Å². The third kappa shape index (κ3) is 4.53. The largest absolute Gasteiger partial charge is 0.383 e. The number of hydrogen-bond donors (Lipinski definition) is 1. The zero-order valence-electron chi connectivity index (χ0n) is 21.7. The van der Waals surface area contributed by atoms with Gasteiger partial charge in [0.1, 0.15) is 23.7 Å². The average molecular weight is 527 g/mol. The highest BCUT2D eigenvalue weighted by molar-refractivity contribution is 5.99. The van der Waals surface area contributed by atoms with Crippen molar-refractivity contribution in [3.05, 3.63) is 66.4 Å². The summed E-state index contributed by atoms with van der Waals surface area (Å²) < 4.78 is 23.2. The van der Waals surface area contributed by atoms with E-state index in [0.29, 0.717) is 18.4 Å². The van der Waals surface area contributed by atoms with E-state index in [4.69, 9.17) is 15.6 Å². The summed E-state index contributed by atoms with van der Waals surface area (Å²) in [7, 11) is 0. The molecule has 200 valence electrons. The number of aromatic nitrogens is 6. The van der Waals surface area contributed by atoms with Crippen molar-refractivity contribution in [3.63, 3.8) is 0 Å². The molecule has 0 spiro atoms. The molecule has 0 bridgehead atoms. The fourth-order valence-corrected chi connectivity index (χ4v) is 6.23. The summed E-state index contributed by atoms with van der Waals surface area (Å²) in [5.41, 5.74) is 10.8. The van der Waals surface area contributed by atoms with Gasteiger partial charge in [-0.15, -0.1) is 0 Å². The third-order valence-corrected chi connectivity index (χ3v) is 8.23. The molecule has 1 aliphatic heterocycles. The number of anilines is 1. The van der Waals surface area contributed by atoms with Crippen molar-refractivity contribution in [2.75, 3.05) is 32.0 Å². The Bertz CT molecular complexity index is 1630. The fraction of sp³-hybridized carbons (Fsp3) is 0.379. The minimum atomic E-state index is -0.247. The number of nitrogen functional groups attached to an aromatic ring is 1. The lowest BCUT2D eigenvalue weighted by atomic mass is 9.90. The molecule has 7 rings (SSSR count). The minimum absolute atomic E-state index is 0.247. The number of fused-ring (bicyclic) bond motifs is 2. The van der Waals surface area contributed by atoms with E-state index < -0.39 is 0 Å². The van der Waals surface area contributed by atoms with E-state index in [1.165, 1.54) is 18.5 Å². The molecule has 2 fully saturated rings. The van der Waals surface area contributed by atoms with E-state index >= 15 is 0 Å². The van der Waals surface area contributed by atoms with Crippen molar-refractivity contribution < 1.29 is 9.13 Å². The molecule has 2 aromatic carbocycles. The maximum absolute atomic E-state index is 13.7. The third-order valence-electron chi connectivity index (χ3n) is 8.23. The Hall–Kier alpha value is -3.89. The van der Waals surface area contributed by atoms with Gasteiger partial charge in [-0.25, -0.2) is 19.0 Å². The number of ether oxygens (including phenoxy) is 1. The molecule has 0 atom stereocenters. The molecule has 4 heterocycles. The van der Waals surface area contributed by atoms with Crippen LogP contribution in [-0.2, 0) is 11.3 Å². The normalized spacial score (nSPS) is 20.6. The Morgan fingerprint density at radius 2 is 1.79 bits per heavy atom. The van der Waals surface area contributed by atoms with Crippen molar-refractivity contribution in [1.29, 1.82) is 0 Å². The number of rotatable bonds is 5. The van der Waals surface area contributed by atoms with Gasteiger partial charge in [-0.2, -0.15) is 10.2 Å². The van der Waals surface area contributed by atoms with E-state index in [1.54, 1.807) is 6.07 Å². The summed E-state index contributed by atoms with van der Waals surface area (Å²) in [6.07, 6.45) is 7.74. The van der Waals surface area contributed by atoms with E-state index in [-0.39, 0.29) is 11.9 Å². The first-order valence-corrected chi connectivity index (χ1v) is 13.6. The Balaban J connectivity index is 1.19. The molecule has 0 unspecified atom stereocenters. The van der Waals surface area contributed by atoms with Crippen LogP contribution >= 0.6 is 0 Å². The molecule has 1 aliphatic carbocycles.